The number of nitrogens with zero attached hydrogens (tertiary/aromatic N) is 2. The molecule has 3 aromatic rings. The van der Waals surface area contributed by atoms with Crippen molar-refractivity contribution in [3.05, 3.63) is 83.1 Å². The van der Waals surface area contributed by atoms with Gasteiger partial charge in [-0.05, 0) is 53.4 Å². The van der Waals surface area contributed by atoms with Crippen molar-refractivity contribution in [1.29, 1.82) is 0 Å². The van der Waals surface area contributed by atoms with Gasteiger partial charge in [-0.15, -0.1) is 17.9 Å². The molecule has 0 saturated carbocycles. The van der Waals surface area contributed by atoms with Crippen LogP contribution in [0.25, 0.3) is 0 Å². The second-order valence-corrected chi connectivity index (χ2v) is 11.3. The maximum absolute atomic E-state index is 13.5. The third kappa shape index (κ3) is 6.56. The standard InChI is InChI=1S/C26H27N3O6S2/c1-3-12-29(37(32,33)23-9-7-21(8-10-23)27-19(2)30)17-26(31)28(16-22-5-4-13-36-22)15-20-6-11-24-25(14-20)35-18-34-24/h3-11,13-14H,1,12,15-18H2,2H3,(H,27,30). The van der Waals surface area contributed by atoms with E-state index in [4.69, 9.17) is 9.47 Å². The molecule has 0 unspecified atom stereocenters. The van der Waals surface area contributed by atoms with Gasteiger partial charge in [0.15, 0.2) is 11.5 Å². The van der Waals surface area contributed by atoms with Crippen LogP contribution in [0.15, 0.2) is 77.5 Å². The number of hydrogen-bond donors (Lipinski definition) is 1. The molecule has 2 amide bonds. The van der Waals surface area contributed by atoms with Gasteiger partial charge in [0.05, 0.1) is 18.0 Å². The van der Waals surface area contributed by atoms with Crippen molar-refractivity contribution >= 4 is 38.9 Å². The maximum Gasteiger partial charge on any atom is 0.243 e. The lowest BCUT2D eigenvalue weighted by Gasteiger charge is -2.27. The molecule has 0 bridgehead atoms. The Kier molecular flexibility index (Phi) is 8.27. The van der Waals surface area contributed by atoms with Gasteiger partial charge in [0.25, 0.3) is 0 Å². The molecule has 1 N–H and O–H groups in total. The average Bonchev–Trinajstić information content (AvgIpc) is 3.55. The summed E-state index contributed by atoms with van der Waals surface area (Å²) in [4.78, 5) is 27.4. The van der Waals surface area contributed by atoms with Gasteiger partial charge in [-0.25, -0.2) is 8.42 Å². The Bertz CT molecular complexity index is 1370. The number of ether oxygens (including phenoxy) is 2. The summed E-state index contributed by atoms with van der Waals surface area (Å²) in [5.41, 5.74) is 1.31. The van der Waals surface area contributed by atoms with Crippen molar-refractivity contribution in [2.24, 2.45) is 0 Å². The average molecular weight is 542 g/mol. The predicted octanol–water partition coefficient (Wildman–Crippen LogP) is 3.84. The number of fused-ring (bicyclic) bond motifs is 1. The predicted molar refractivity (Wildman–Crippen MR) is 141 cm³/mol. The molecule has 1 aliphatic heterocycles. The van der Waals surface area contributed by atoms with Gasteiger partial charge in [0.1, 0.15) is 0 Å². The molecule has 9 nitrogen and oxygen atoms in total. The molecule has 2 heterocycles. The van der Waals surface area contributed by atoms with Crippen LogP contribution in [0.3, 0.4) is 0 Å². The Balaban J connectivity index is 1.55. The molecule has 0 atom stereocenters. The van der Waals surface area contributed by atoms with Gasteiger partial charge in [-0.1, -0.05) is 18.2 Å². The number of anilines is 1. The molecule has 0 saturated heterocycles. The summed E-state index contributed by atoms with van der Waals surface area (Å²) in [5.74, 6) is 0.640. The van der Waals surface area contributed by atoms with Crippen molar-refractivity contribution in [1.82, 2.24) is 9.21 Å². The molecular weight excluding hydrogens is 514 g/mol. The van der Waals surface area contributed by atoms with E-state index in [-0.39, 0.29) is 43.1 Å². The number of rotatable bonds is 11. The molecule has 1 aliphatic rings. The van der Waals surface area contributed by atoms with Gasteiger partial charge in [0, 0.05) is 30.6 Å². The summed E-state index contributed by atoms with van der Waals surface area (Å²) in [6, 6.07) is 15.1. The van der Waals surface area contributed by atoms with Crippen LogP contribution in [0.1, 0.15) is 17.4 Å². The molecule has 0 radical (unpaired) electrons. The number of nitrogens with one attached hydrogen (secondary N) is 1. The van der Waals surface area contributed by atoms with E-state index in [1.807, 2.05) is 29.6 Å². The lowest BCUT2D eigenvalue weighted by atomic mass is 10.2. The first-order valence-electron chi connectivity index (χ1n) is 11.4. The van der Waals surface area contributed by atoms with E-state index < -0.39 is 10.0 Å². The Hall–Kier alpha value is -3.67. The van der Waals surface area contributed by atoms with Gasteiger partial charge >= 0.3 is 0 Å². The fourth-order valence-electron chi connectivity index (χ4n) is 3.79. The quantitative estimate of drug-likeness (QED) is 0.370. The van der Waals surface area contributed by atoms with Crippen LogP contribution >= 0.6 is 11.3 Å². The Morgan fingerprint density at radius 1 is 1.08 bits per heavy atom. The number of thiophene rings is 1. The van der Waals surface area contributed by atoms with E-state index in [0.717, 1.165) is 14.7 Å². The fraction of sp³-hybridized carbons (Fsp3) is 0.231. The van der Waals surface area contributed by atoms with Crippen molar-refractivity contribution in [3.63, 3.8) is 0 Å². The minimum absolute atomic E-state index is 0.0110. The third-order valence-electron chi connectivity index (χ3n) is 5.55. The first-order valence-corrected chi connectivity index (χ1v) is 13.8. The van der Waals surface area contributed by atoms with E-state index in [9.17, 15) is 18.0 Å². The highest BCUT2D eigenvalue weighted by atomic mass is 32.2. The Morgan fingerprint density at radius 2 is 1.84 bits per heavy atom. The van der Waals surface area contributed by atoms with E-state index >= 15 is 0 Å². The normalized spacial score (nSPS) is 12.4. The van der Waals surface area contributed by atoms with Crippen molar-refractivity contribution in [2.75, 3.05) is 25.2 Å². The van der Waals surface area contributed by atoms with Gasteiger partial charge in [-0.3, -0.25) is 9.59 Å². The van der Waals surface area contributed by atoms with Crippen molar-refractivity contribution < 1.29 is 27.5 Å². The zero-order valence-corrected chi connectivity index (χ0v) is 21.9. The summed E-state index contributed by atoms with van der Waals surface area (Å²) in [7, 11) is -4.01. The van der Waals surface area contributed by atoms with Crippen LogP contribution < -0.4 is 14.8 Å². The molecule has 37 heavy (non-hydrogen) atoms. The van der Waals surface area contributed by atoms with Crippen molar-refractivity contribution in [3.8, 4) is 11.5 Å². The minimum atomic E-state index is -4.01. The van der Waals surface area contributed by atoms with E-state index in [1.54, 1.807) is 11.0 Å². The third-order valence-corrected chi connectivity index (χ3v) is 8.23. The number of carbonyl (C=O) groups excluding carboxylic acids is 2. The molecule has 0 fully saturated rings. The molecule has 11 heteroatoms. The van der Waals surface area contributed by atoms with Crippen LogP contribution in [0.5, 0.6) is 11.5 Å². The summed E-state index contributed by atoms with van der Waals surface area (Å²) in [6.45, 7) is 5.37. The van der Waals surface area contributed by atoms with E-state index in [2.05, 4.69) is 11.9 Å². The number of hydrogen-bond acceptors (Lipinski definition) is 7. The van der Waals surface area contributed by atoms with E-state index in [0.29, 0.717) is 23.7 Å². The highest BCUT2D eigenvalue weighted by Crippen LogP contribution is 2.33. The van der Waals surface area contributed by atoms with Crippen LogP contribution in [-0.2, 0) is 32.7 Å². The number of amides is 2. The van der Waals surface area contributed by atoms with Gasteiger partial charge in [0.2, 0.25) is 28.6 Å². The second kappa shape index (κ2) is 11.6. The summed E-state index contributed by atoms with van der Waals surface area (Å²) >= 11 is 1.52. The topological polar surface area (TPSA) is 105 Å². The lowest BCUT2D eigenvalue weighted by molar-refractivity contribution is -0.132. The van der Waals surface area contributed by atoms with Crippen molar-refractivity contribution in [2.45, 2.75) is 24.9 Å². The van der Waals surface area contributed by atoms with Gasteiger partial charge < -0.3 is 19.7 Å². The second-order valence-electron chi connectivity index (χ2n) is 8.31. The monoisotopic (exact) mass is 541 g/mol. The molecular formula is C26H27N3O6S2. The summed E-state index contributed by atoms with van der Waals surface area (Å²) in [5, 5.41) is 4.53. The zero-order chi connectivity index (χ0) is 26.4. The first-order chi connectivity index (χ1) is 17.8. The smallest absolute Gasteiger partial charge is 0.243 e. The summed E-state index contributed by atoms with van der Waals surface area (Å²) in [6.07, 6.45) is 1.44. The lowest BCUT2D eigenvalue weighted by Crippen LogP contribution is -2.42. The molecule has 2 aromatic carbocycles. The first kappa shape index (κ1) is 26.4. The largest absolute Gasteiger partial charge is 0.454 e. The molecule has 1 aromatic heterocycles. The highest BCUT2D eigenvalue weighted by Gasteiger charge is 2.28. The van der Waals surface area contributed by atoms with Crippen LogP contribution in [0.4, 0.5) is 5.69 Å². The van der Waals surface area contributed by atoms with Crippen LogP contribution in [0.2, 0.25) is 0 Å². The fourth-order valence-corrected chi connectivity index (χ4v) is 5.87. The van der Waals surface area contributed by atoms with Crippen LogP contribution in [-0.4, -0.2) is 49.3 Å². The summed E-state index contributed by atoms with van der Waals surface area (Å²) < 4.78 is 38.7. The van der Waals surface area contributed by atoms with Crippen LogP contribution in [0, 0.1) is 0 Å². The van der Waals surface area contributed by atoms with Gasteiger partial charge in [-0.2, -0.15) is 4.31 Å². The number of benzene rings is 2. The maximum atomic E-state index is 13.5. The molecule has 0 aliphatic carbocycles. The van der Waals surface area contributed by atoms with E-state index in [1.165, 1.54) is 48.6 Å². The Labute approximate surface area is 220 Å². The SMILES string of the molecule is C=CCN(CC(=O)N(Cc1ccc2c(c1)OCO2)Cc1cccs1)S(=O)(=O)c1ccc(NC(C)=O)cc1. The highest BCUT2D eigenvalue weighted by molar-refractivity contribution is 7.89. The number of sulfonamides is 1. The molecule has 4 rings (SSSR count). The molecule has 0 spiro atoms. The minimum Gasteiger partial charge on any atom is -0.454 e. The molecule has 194 valence electrons. The number of carbonyl (C=O) groups is 2. The Morgan fingerprint density at radius 3 is 2.51 bits per heavy atom. The zero-order valence-electron chi connectivity index (χ0n) is 20.3.